The second kappa shape index (κ2) is 9.00. The van der Waals surface area contributed by atoms with E-state index in [0.29, 0.717) is 16.4 Å². The molecule has 3 rings (SSSR count). The Balaban J connectivity index is 1.76. The number of para-hydroxylation sites is 1. The summed E-state index contributed by atoms with van der Waals surface area (Å²) >= 11 is 1.12. The highest BCUT2D eigenvalue weighted by molar-refractivity contribution is 8.15. The number of aliphatic imine (C=N–C) groups is 1. The predicted molar refractivity (Wildman–Crippen MR) is 111 cm³/mol. The van der Waals surface area contributed by atoms with Gasteiger partial charge in [0.25, 0.3) is 0 Å². The second-order valence-corrected chi connectivity index (χ2v) is 7.57. The first-order valence-electron chi connectivity index (χ1n) is 8.87. The molecule has 1 saturated heterocycles. The van der Waals surface area contributed by atoms with E-state index in [4.69, 9.17) is 0 Å². The van der Waals surface area contributed by atoms with E-state index in [1.165, 1.54) is 29.2 Å². The molecule has 8 heteroatoms. The summed E-state index contributed by atoms with van der Waals surface area (Å²) < 4.78 is 27.5. The van der Waals surface area contributed by atoms with Crippen molar-refractivity contribution in [2.75, 3.05) is 11.9 Å². The van der Waals surface area contributed by atoms with Crippen molar-refractivity contribution in [2.45, 2.75) is 18.6 Å². The molecule has 2 aromatic rings. The standard InChI is InChI=1S/C21H19F2N3O2S/c1-3-10-26-20(28)18(12-19(27)25-17-7-5-4-6-15(17)22)29-21(26)24-14-9-8-13(2)16(23)11-14/h3-9,11,18H,1,10,12H2,2H3,(H,25,27)/t18-/m1/s1. The molecule has 2 amide bonds. The summed E-state index contributed by atoms with van der Waals surface area (Å²) in [5, 5.41) is 2.13. The molecule has 0 aromatic heterocycles. The summed E-state index contributed by atoms with van der Waals surface area (Å²) in [5.41, 5.74) is 0.920. The number of amidine groups is 1. The quantitative estimate of drug-likeness (QED) is 0.711. The lowest BCUT2D eigenvalue weighted by molar-refractivity contribution is -0.127. The minimum absolute atomic E-state index is 0.0555. The van der Waals surface area contributed by atoms with Gasteiger partial charge in [-0.15, -0.1) is 6.58 Å². The van der Waals surface area contributed by atoms with Gasteiger partial charge in [0.05, 0.1) is 11.4 Å². The number of aryl methyl sites for hydroxylation is 1. The van der Waals surface area contributed by atoms with Crippen LogP contribution in [-0.4, -0.2) is 33.7 Å². The third-order valence-electron chi connectivity index (χ3n) is 4.23. The van der Waals surface area contributed by atoms with Gasteiger partial charge in [0.15, 0.2) is 5.17 Å². The van der Waals surface area contributed by atoms with E-state index < -0.39 is 22.8 Å². The maximum Gasteiger partial charge on any atom is 0.242 e. The zero-order valence-corrected chi connectivity index (χ0v) is 16.5. The van der Waals surface area contributed by atoms with Crippen LogP contribution in [0.25, 0.3) is 0 Å². The number of carbonyl (C=O) groups is 2. The van der Waals surface area contributed by atoms with Gasteiger partial charge in [-0.2, -0.15) is 0 Å². The van der Waals surface area contributed by atoms with Crippen LogP contribution < -0.4 is 5.32 Å². The number of benzene rings is 2. The zero-order chi connectivity index (χ0) is 21.0. The Hall–Kier alpha value is -3.00. The van der Waals surface area contributed by atoms with Gasteiger partial charge in [-0.3, -0.25) is 14.5 Å². The van der Waals surface area contributed by atoms with E-state index in [2.05, 4.69) is 16.9 Å². The first kappa shape index (κ1) is 20.7. The largest absolute Gasteiger partial charge is 0.324 e. The zero-order valence-electron chi connectivity index (χ0n) is 15.7. The first-order chi connectivity index (χ1) is 13.9. The summed E-state index contributed by atoms with van der Waals surface area (Å²) in [6.45, 7) is 5.50. The number of amides is 2. The molecule has 0 radical (unpaired) electrons. The third-order valence-corrected chi connectivity index (χ3v) is 5.41. The van der Waals surface area contributed by atoms with E-state index in [0.717, 1.165) is 11.8 Å². The van der Waals surface area contributed by atoms with Crippen LogP contribution in [0, 0.1) is 18.6 Å². The summed E-state index contributed by atoms with van der Waals surface area (Å²) in [7, 11) is 0. The lowest BCUT2D eigenvalue weighted by atomic mass is 10.2. The maximum atomic E-state index is 13.8. The van der Waals surface area contributed by atoms with Crippen molar-refractivity contribution < 1.29 is 18.4 Å². The topological polar surface area (TPSA) is 61.8 Å². The number of anilines is 1. The molecule has 1 N–H and O–H groups in total. The SMILES string of the molecule is C=CCN1C(=O)[C@@H](CC(=O)Nc2ccccc2F)SC1=Nc1ccc(C)c(F)c1. The Bertz CT molecular complexity index is 994. The molecule has 0 bridgehead atoms. The number of thioether (sulfide) groups is 1. The number of halogens is 2. The maximum absolute atomic E-state index is 13.8. The number of hydrogen-bond acceptors (Lipinski definition) is 4. The van der Waals surface area contributed by atoms with Crippen LogP contribution >= 0.6 is 11.8 Å². The molecule has 0 aliphatic carbocycles. The van der Waals surface area contributed by atoms with Gasteiger partial charge in [-0.25, -0.2) is 13.8 Å². The van der Waals surface area contributed by atoms with Gasteiger partial charge in [-0.1, -0.05) is 36.0 Å². The van der Waals surface area contributed by atoms with Gasteiger partial charge in [0, 0.05) is 13.0 Å². The van der Waals surface area contributed by atoms with Crippen LogP contribution in [-0.2, 0) is 9.59 Å². The second-order valence-electron chi connectivity index (χ2n) is 6.40. The average molecular weight is 415 g/mol. The Kier molecular flexibility index (Phi) is 6.43. The van der Waals surface area contributed by atoms with Gasteiger partial charge < -0.3 is 5.32 Å². The predicted octanol–water partition coefficient (Wildman–Crippen LogP) is 4.42. The molecule has 0 unspecified atom stereocenters. The molecular formula is C21H19F2N3O2S. The average Bonchev–Trinajstić information content (AvgIpc) is 2.95. The number of nitrogens with one attached hydrogen (secondary N) is 1. The molecule has 1 fully saturated rings. The van der Waals surface area contributed by atoms with Crippen molar-refractivity contribution in [3.8, 4) is 0 Å². The molecule has 29 heavy (non-hydrogen) atoms. The van der Waals surface area contributed by atoms with Gasteiger partial charge in [-0.05, 0) is 36.8 Å². The Morgan fingerprint density at radius 2 is 2.03 bits per heavy atom. The molecule has 1 heterocycles. The molecule has 1 aliphatic rings. The van der Waals surface area contributed by atoms with Crippen LogP contribution in [0.1, 0.15) is 12.0 Å². The van der Waals surface area contributed by atoms with E-state index in [1.54, 1.807) is 31.2 Å². The van der Waals surface area contributed by atoms with Crippen LogP contribution in [0.5, 0.6) is 0 Å². The van der Waals surface area contributed by atoms with E-state index in [-0.39, 0.29) is 24.6 Å². The van der Waals surface area contributed by atoms with E-state index in [9.17, 15) is 18.4 Å². The fourth-order valence-electron chi connectivity index (χ4n) is 2.72. The molecular weight excluding hydrogens is 396 g/mol. The van der Waals surface area contributed by atoms with Crippen molar-refractivity contribution in [3.05, 3.63) is 72.3 Å². The summed E-state index contributed by atoms with van der Waals surface area (Å²) in [4.78, 5) is 30.8. The van der Waals surface area contributed by atoms with Crippen LogP contribution in [0.15, 0.2) is 60.1 Å². The monoisotopic (exact) mass is 415 g/mol. The van der Waals surface area contributed by atoms with Crippen molar-refractivity contribution in [1.29, 1.82) is 0 Å². The summed E-state index contributed by atoms with van der Waals surface area (Å²) in [6.07, 6.45) is 1.40. The minimum atomic E-state index is -0.712. The minimum Gasteiger partial charge on any atom is -0.324 e. The fraction of sp³-hybridized carbons (Fsp3) is 0.190. The van der Waals surface area contributed by atoms with Crippen LogP contribution in [0.4, 0.5) is 20.2 Å². The van der Waals surface area contributed by atoms with Crippen molar-refractivity contribution >= 4 is 40.1 Å². The number of carbonyl (C=O) groups excluding carboxylic acids is 2. The number of nitrogens with zero attached hydrogens (tertiary/aromatic N) is 2. The first-order valence-corrected chi connectivity index (χ1v) is 9.75. The Morgan fingerprint density at radius 3 is 2.72 bits per heavy atom. The molecule has 0 spiro atoms. The fourth-order valence-corrected chi connectivity index (χ4v) is 3.88. The Labute approximate surface area is 171 Å². The van der Waals surface area contributed by atoms with Crippen LogP contribution in [0.3, 0.4) is 0 Å². The lowest BCUT2D eigenvalue weighted by Gasteiger charge is -2.14. The van der Waals surface area contributed by atoms with Gasteiger partial charge >= 0.3 is 0 Å². The van der Waals surface area contributed by atoms with Gasteiger partial charge in [0.2, 0.25) is 11.8 Å². The van der Waals surface area contributed by atoms with Crippen LogP contribution in [0.2, 0.25) is 0 Å². The summed E-state index contributed by atoms with van der Waals surface area (Å²) in [6, 6.07) is 10.4. The molecule has 2 aromatic carbocycles. The van der Waals surface area contributed by atoms with E-state index >= 15 is 0 Å². The van der Waals surface area contributed by atoms with E-state index in [1.807, 2.05) is 0 Å². The van der Waals surface area contributed by atoms with Crippen molar-refractivity contribution in [2.24, 2.45) is 4.99 Å². The Morgan fingerprint density at radius 1 is 1.28 bits per heavy atom. The highest BCUT2D eigenvalue weighted by Gasteiger charge is 2.38. The normalized spacial score (nSPS) is 17.6. The summed E-state index contributed by atoms with van der Waals surface area (Å²) in [5.74, 6) is -1.73. The number of rotatable bonds is 6. The molecule has 1 aliphatic heterocycles. The van der Waals surface area contributed by atoms with Gasteiger partial charge in [0.1, 0.15) is 16.9 Å². The van der Waals surface area contributed by atoms with Crippen molar-refractivity contribution in [3.63, 3.8) is 0 Å². The number of hydrogen-bond donors (Lipinski definition) is 1. The van der Waals surface area contributed by atoms with Crippen molar-refractivity contribution in [1.82, 2.24) is 4.90 Å². The lowest BCUT2D eigenvalue weighted by Crippen LogP contribution is -2.33. The molecule has 1 atom stereocenters. The highest BCUT2D eigenvalue weighted by atomic mass is 32.2. The molecule has 150 valence electrons. The third kappa shape index (κ3) is 4.89. The molecule has 0 saturated carbocycles. The smallest absolute Gasteiger partial charge is 0.242 e. The molecule has 5 nitrogen and oxygen atoms in total. The highest BCUT2D eigenvalue weighted by Crippen LogP contribution is 2.32.